The van der Waals surface area contributed by atoms with Crippen LogP contribution in [0.15, 0.2) is 30.6 Å². The van der Waals surface area contributed by atoms with E-state index in [1.807, 2.05) is 0 Å². The van der Waals surface area contributed by atoms with Gasteiger partial charge >= 0.3 is 0 Å². The first kappa shape index (κ1) is 29.6. The second-order valence-corrected chi connectivity index (χ2v) is 6.71. The molecule has 1 heterocycles. The fourth-order valence-electron chi connectivity index (χ4n) is 3.07. The third kappa shape index (κ3) is 20.0. The lowest BCUT2D eigenvalue weighted by Gasteiger charge is -2.02. The zero-order valence-corrected chi connectivity index (χ0v) is 18.8. The number of hydrogen-bond acceptors (Lipinski definition) is 1. The van der Waals surface area contributed by atoms with Crippen LogP contribution < -0.4 is 27.7 Å². The predicted octanol–water partition coefficient (Wildman–Crippen LogP) is 4.04. The van der Waals surface area contributed by atoms with Crippen molar-refractivity contribution < 1.29 is 21.5 Å². The van der Waals surface area contributed by atoms with E-state index in [-0.39, 0.29) is 35.5 Å². The zero-order chi connectivity index (χ0) is 15.7. The molecule has 0 spiro atoms. The van der Waals surface area contributed by atoms with Crippen LogP contribution in [-0.2, 0) is 6.54 Å². The number of unbranched alkanes of at least 4 members (excludes halogenated alkanes) is 13. The molecule has 0 radical (unpaired) electrons. The number of hydrogen-bond donors (Lipinski definition) is 1. The minimum atomic E-state index is 0. The summed E-state index contributed by atoms with van der Waals surface area (Å²) in [7, 11) is 0. The van der Waals surface area contributed by atoms with Gasteiger partial charge in [-0.25, -0.2) is 4.57 Å². The average Bonchev–Trinajstić information content (AvgIpc) is 2.56. The van der Waals surface area contributed by atoms with E-state index in [0.29, 0.717) is 0 Å². The van der Waals surface area contributed by atoms with Gasteiger partial charge in [0.05, 0.1) is 0 Å². The average molecular weight is 438 g/mol. The van der Waals surface area contributed by atoms with Gasteiger partial charge in [0.15, 0.2) is 12.4 Å². The molecule has 0 atom stereocenters. The Labute approximate surface area is 174 Å². The van der Waals surface area contributed by atoms with Crippen molar-refractivity contribution >= 4 is 12.4 Å². The van der Waals surface area contributed by atoms with Crippen molar-refractivity contribution in [1.82, 2.24) is 6.15 Å². The van der Waals surface area contributed by atoms with E-state index >= 15 is 0 Å². The molecule has 1 aromatic heterocycles. The van der Waals surface area contributed by atoms with Crippen LogP contribution in [0.4, 0.5) is 0 Å². The lowest BCUT2D eigenvalue weighted by Crippen LogP contribution is -3.00. The Morgan fingerprint density at radius 2 is 0.920 bits per heavy atom. The summed E-state index contributed by atoms with van der Waals surface area (Å²) < 4.78 is 2.29. The molecule has 2 nitrogen and oxygen atoms in total. The molecule has 0 aliphatic heterocycles. The van der Waals surface area contributed by atoms with Crippen LogP contribution in [-0.4, -0.2) is 0 Å². The molecule has 1 aromatic rings. The van der Waals surface area contributed by atoms with Gasteiger partial charge in [0.1, 0.15) is 6.54 Å². The van der Waals surface area contributed by atoms with Crippen molar-refractivity contribution in [2.24, 2.45) is 0 Å². The van der Waals surface area contributed by atoms with Gasteiger partial charge in [-0.05, 0) is 6.42 Å². The SMILES string of the molecule is CCCCCCCCCCCCCCCC[n+]1ccccc1.Cl.N.[Br-]. The number of aromatic nitrogens is 1. The second kappa shape index (κ2) is 23.9. The van der Waals surface area contributed by atoms with Gasteiger partial charge < -0.3 is 23.1 Å². The molecule has 0 saturated heterocycles. The van der Waals surface area contributed by atoms with Crippen LogP contribution in [0.2, 0.25) is 0 Å². The fraction of sp³-hybridized carbons (Fsp3) is 0.762. The van der Waals surface area contributed by atoms with Crippen LogP contribution in [0, 0.1) is 0 Å². The van der Waals surface area contributed by atoms with E-state index in [2.05, 4.69) is 42.1 Å². The number of halogens is 2. The molecular formula is C21H42BrClN2. The number of nitrogens with zero attached hydrogens (tertiary/aromatic N) is 1. The standard InChI is InChI=1S/C21H38N.BrH.ClH.H3N/c1-2-3-4-5-6-7-8-9-10-11-12-13-14-16-19-22-20-17-15-18-21-22;;;/h15,17-18,20-21H,2-14,16,19H2,1H3;2*1H;1H3/q+1;;;/p-1. The summed E-state index contributed by atoms with van der Waals surface area (Å²) in [5, 5.41) is 0. The first-order valence-corrected chi connectivity index (χ1v) is 9.87. The highest BCUT2D eigenvalue weighted by atomic mass is 79.9. The molecule has 25 heavy (non-hydrogen) atoms. The number of aryl methyl sites for hydroxylation is 1. The lowest BCUT2D eigenvalue weighted by atomic mass is 10.0. The largest absolute Gasteiger partial charge is 1.00 e. The van der Waals surface area contributed by atoms with Crippen molar-refractivity contribution in [1.29, 1.82) is 0 Å². The third-order valence-electron chi connectivity index (χ3n) is 4.55. The van der Waals surface area contributed by atoms with Gasteiger partial charge in [-0.1, -0.05) is 90.0 Å². The Hall–Kier alpha value is -0.120. The Balaban J connectivity index is -0.00000161. The molecule has 3 N–H and O–H groups in total. The monoisotopic (exact) mass is 436 g/mol. The minimum absolute atomic E-state index is 0. The van der Waals surface area contributed by atoms with Gasteiger partial charge in [0, 0.05) is 18.6 Å². The highest BCUT2D eigenvalue weighted by Gasteiger charge is 1.98. The summed E-state index contributed by atoms with van der Waals surface area (Å²) in [6, 6.07) is 6.31. The van der Waals surface area contributed by atoms with Crippen LogP contribution in [0.5, 0.6) is 0 Å². The van der Waals surface area contributed by atoms with Crippen molar-refractivity contribution in [3.05, 3.63) is 30.6 Å². The Morgan fingerprint density at radius 3 is 1.32 bits per heavy atom. The first-order chi connectivity index (χ1) is 10.9. The van der Waals surface area contributed by atoms with Crippen LogP contribution in [0.1, 0.15) is 96.8 Å². The van der Waals surface area contributed by atoms with Gasteiger partial charge in [-0.15, -0.1) is 12.4 Å². The highest BCUT2D eigenvalue weighted by molar-refractivity contribution is 5.85. The molecule has 0 bridgehead atoms. The predicted molar refractivity (Wildman–Crippen MR) is 109 cm³/mol. The van der Waals surface area contributed by atoms with Crippen molar-refractivity contribution in [2.45, 2.75) is 103 Å². The lowest BCUT2D eigenvalue weighted by molar-refractivity contribution is -0.697. The number of rotatable bonds is 15. The minimum Gasteiger partial charge on any atom is -1.00 e. The highest BCUT2D eigenvalue weighted by Crippen LogP contribution is 2.12. The van der Waals surface area contributed by atoms with Gasteiger partial charge in [0.25, 0.3) is 0 Å². The van der Waals surface area contributed by atoms with E-state index in [0.717, 1.165) is 0 Å². The summed E-state index contributed by atoms with van der Waals surface area (Å²) in [6.45, 7) is 3.47. The van der Waals surface area contributed by atoms with Crippen molar-refractivity contribution in [3.63, 3.8) is 0 Å². The molecule has 0 saturated carbocycles. The summed E-state index contributed by atoms with van der Waals surface area (Å²) in [5.74, 6) is 0. The maximum atomic E-state index is 2.29. The molecule has 0 amide bonds. The van der Waals surface area contributed by atoms with Crippen molar-refractivity contribution in [2.75, 3.05) is 0 Å². The summed E-state index contributed by atoms with van der Waals surface area (Å²) >= 11 is 0. The van der Waals surface area contributed by atoms with Crippen LogP contribution in [0.25, 0.3) is 0 Å². The molecule has 0 unspecified atom stereocenters. The van der Waals surface area contributed by atoms with E-state index in [4.69, 9.17) is 0 Å². The molecule has 1 rings (SSSR count). The molecule has 0 fully saturated rings. The number of pyridine rings is 1. The van der Waals surface area contributed by atoms with Gasteiger partial charge in [0.2, 0.25) is 0 Å². The molecule has 0 aromatic carbocycles. The first-order valence-electron chi connectivity index (χ1n) is 9.87. The Kier molecular flexibility index (Phi) is 28.3. The maximum absolute atomic E-state index is 2.29. The van der Waals surface area contributed by atoms with Crippen molar-refractivity contribution in [3.8, 4) is 0 Å². The summed E-state index contributed by atoms with van der Waals surface area (Å²) in [4.78, 5) is 0. The Bertz CT molecular complexity index is 336. The zero-order valence-electron chi connectivity index (χ0n) is 16.4. The van der Waals surface area contributed by atoms with E-state index in [9.17, 15) is 0 Å². The molecule has 0 aliphatic carbocycles. The van der Waals surface area contributed by atoms with E-state index in [1.165, 1.54) is 96.4 Å². The summed E-state index contributed by atoms with van der Waals surface area (Å²) in [6.07, 6.45) is 24.4. The molecule has 150 valence electrons. The summed E-state index contributed by atoms with van der Waals surface area (Å²) in [5.41, 5.74) is 0. The molecular weight excluding hydrogens is 396 g/mol. The van der Waals surface area contributed by atoms with Crippen LogP contribution in [0.3, 0.4) is 0 Å². The fourth-order valence-corrected chi connectivity index (χ4v) is 3.07. The third-order valence-corrected chi connectivity index (χ3v) is 4.55. The van der Waals surface area contributed by atoms with Gasteiger partial charge in [-0.2, -0.15) is 0 Å². The Morgan fingerprint density at radius 1 is 0.560 bits per heavy atom. The smallest absolute Gasteiger partial charge is 0.168 e. The second-order valence-electron chi connectivity index (χ2n) is 6.71. The topological polar surface area (TPSA) is 38.9 Å². The molecule has 0 aliphatic rings. The maximum Gasteiger partial charge on any atom is 0.168 e. The quantitative estimate of drug-likeness (QED) is 0.326. The van der Waals surface area contributed by atoms with E-state index < -0.39 is 0 Å². The van der Waals surface area contributed by atoms with E-state index in [1.54, 1.807) is 0 Å². The normalized spacial score (nSPS) is 9.64. The van der Waals surface area contributed by atoms with Gasteiger partial charge in [-0.3, -0.25) is 0 Å². The van der Waals surface area contributed by atoms with Crippen LogP contribution >= 0.6 is 12.4 Å². The molecule has 4 heteroatoms.